The first-order valence-electron chi connectivity index (χ1n) is 7.15. The monoisotopic (exact) mass is 285 g/mol. The summed E-state index contributed by atoms with van der Waals surface area (Å²) >= 11 is 0. The van der Waals surface area contributed by atoms with Crippen LogP contribution in [0, 0.1) is 0 Å². The van der Waals surface area contributed by atoms with Crippen LogP contribution in [0.2, 0.25) is 0 Å². The summed E-state index contributed by atoms with van der Waals surface area (Å²) in [5, 5.41) is 10.4. The highest BCUT2D eigenvalue weighted by molar-refractivity contribution is 5.92. The standard InChI is InChI=1S/C16H19N3O2/c1-18-11-17-9-14(18)16(21)19-8-7-13(15(20)10-19)12-5-3-2-4-6-12/h2-6,9,11,13,15,20H,7-8,10H2,1H3/t13-,15+/m0/s1. The van der Waals surface area contributed by atoms with Crippen molar-refractivity contribution in [3.8, 4) is 0 Å². The number of aliphatic hydroxyl groups is 1. The maximum absolute atomic E-state index is 12.4. The third kappa shape index (κ3) is 2.69. The predicted octanol–water partition coefficient (Wildman–Crippen LogP) is 1.41. The molecule has 1 amide bonds. The summed E-state index contributed by atoms with van der Waals surface area (Å²) in [6.45, 7) is 1.02. The number of β-amino-alcohol motifs (C(OH)–C–C–N with tert-alkyl or cyclic N) is 1. The minimum absolute atomic E-state index is 0.0689. The normalized spacial score (nSPS) is 22.3. The average Bonchev–Trinajstić information content (AvgIpc) is 2.93. The molecule has 0 unspecified atom stereocenters. The zero-order valence-corrected chi connectivity index (χ0v) is 12.0. The Labute approximate surface area is 123 Å². The highest BCUT2D eigenvalue weighted by Crippen LogP contribution is 2.28. The van der Waals surface area contributed by atoms with Crippen molar-refractivity contribution in [2.45, 2.75) is 18.4 Å². The summed E-state index contributed by atoms with van der Waals surface area (Å²) in [6, 6.07) is 10.0. The third-order valence-electron chi connectivity index (χ3n) is 4.13. The van der Waals surface area contributed by atoms with Crippen LogP contribution < -0.4 is 0 Å². The molecule has 0 saturated carbocycles. The molecule has 110 valence electrons. The maximum Gasteiger partial charge on any atom is 0.272 e. The van der Waals surface area contributed by atoms with Crippen molar-refractivity contribution in [1.82, 2.24) is 14.5 Å². The van der Waals surface area contributed by atoms with E-state index in [0.29, 0.717) is 18.8 Å². The van der Waals surface area contributed by atoms with Crippen LogP contribution in [0.3, 0.4) is 0 Å². The molecule has 0 radical (unpaired) electrons. The van der Waals surface area contributed by atoms with Crippen molar-refractivity contribution in [2.75, 3.05) is 13.1 Å². The fraction of sp³-hybridized carbons (Fsp3) is 0.375. The van der Waals surface area contributed by atoms with Crippen molar-refractivity contribution in [1.29, 1.82) is 0 Å². The van der Waals surface area contributed by atoms with Gasteiger partial charge in [0.05, 0.1) is 18.6 Å². The van der Waals surface area contributed by atoms with Gasteiger partial charge in [0.1, 0.15) is 5.69 Å². The summed E-state index contributed by atoms with van der Waals surface area (Å²) < 4.78 is 1.71. The Kier molecular flexibility index (Phi) is 3.75. The van der Waals surface area contributed by atoms with Crippen molar-refractivity contribution in [3.05, 3.63) is 54.1 Å². The number of piperidine rings is 1. The lowest BCUT2D eigenvalue weighted by Gasteiger charge is -2.36. The van der Waals surface area contributed by atoms with Gasteiger partial charge in [-0.05, 0) is 12.0 Å². The smallest absolute Gasteiger partial charge is 0.272 e. The molecular formula is C16H19N3O2. The molecule has 1 N–H and O–H groups in total. The first-order valence-corrected chi connectivity index (χ1v) is 7.15. The first kappa shape index (κ1) is 13.8. The fourth-order valence-corrected chi connectivity index (χ4v) is 2.93. The molecule has 5 nitrogen and oxygen atoms in total. The lowest BCUT2D eigenvalue weighted by Crippen LogP contribution is -2.46. The van der Waals surface area contributed by atoms with Gasteiger partial charge in [-0.3, -0.25) is 4.79 Å². The van der Waals surface area contributed by atoms with E-state index in [9.17, 15) is 9.90 Å². The summed E-state index contributed by atoms with van der Waals surface area (Å²) in [7, 11) is 1.80. The fourth-order valence-electron chi connectivity index (χ4n) is 2.93. The topological polar surface area (TPSA) is 58.4 Å². The molecule has 1 saturated heterocycles. The minimum Gasteiger partial charge on any atom is -0.391 e. The first-order chi connectivity index (χ1) is 10.2. The average molecular weight is 285 g/mol. The molecule has 0 bridgehead atoms. The second kappa shape index (κ2) is 5.69. The maximum atomic E-state index is 12.4. The zero-order valence-electron chi connectivity index (χ0n) is 12.0. The molecule has 1 aromatic heterocycles. The van der Waals surface area contributed by atoms with Gasteiger partial charge in [-0.25, -0.2) is 4.98 Å². The van der Waals surface area contributed by atoms with Gasteiger partial charge in [0, 0.05) is 26.1 Å². The van der Waals surface area contributed by atoms with Crippen molar-refractivity contribution in [3.63, 3.8) is 0 Å². The van der Waals surface area contributed by atoms with Gasteiger partial charge in [-0.2, -0.15) is 0 Å². The summed E-state index contributed by atoms with van der Waals surface area (Å²) in [5.74, 6) is 0.0300. The highest BCUT2D eigenvalue weighted by Gasteiger charge is 2.32. The van der Waals surface area contributed by atoms with Crippen LogP contribution in [0.15, 0.2) is 42.9 Å². The molecule has 1 aliphatic heterocycles. The van der Waals surface area contributed by atoms with Gasteiger partial charge < -0.3 is 14.6 Å². The van der Waals surface area contributed by atoms with Crippen LogP contribution in [0.5, 0.6) is 0 Å². The van der Waals surface area contributed by atoms with Crippen molar-refractivity contribution >= 4 is 5.91 Å². The van der Waals surface area contributed by atoms with E-state index in [1.165, 1.54) is 0 Å². The molecule has 0 spiro atoms. The van der Waals surface area contributed by atoms with Crippen LogP contribution in [-0.4, -0.2) is 44.7 Å². The Morgan fingerprint density at radius 1 is 1.33 bits per heavy atom. The molecule has 1 aromatic carbocycles. The molecular weight excluding hydrogens is 266 g/mol. The molecule has 21 heavy (non-hydrogen) atoms. The van der Waals surface area contributed by atoms with Crippen LogP contribution >= 0.6 is 0 Å². The van der Waals surface area contributed by atoms with Gasteiger partial charge in [0.15, 0.2) is 0 Å². The lowest BCUT2D eigenvalue weighted by molar-refractivity contribution is 0.0375. The zero-order chi connectivity index (χ0) is 14.8. The summed E-state index contributed by atoms with van der Waals surface area (Å²) in [4.78, 5) is 18.1. The molecule has 0 aliphatic carbocycles. The Bertz CT molecular complexity index is 623. The minimum atomic E-state index is -0.529. The number of aromatic nitrogens is 2. The van der Waals surface area contributed by atoms with Crippen LogP contribution in [0.4, 0.5) is 0 Å². The molecule has 2 atom stereocenters. The van der Waals surface area contributed by atoms with E-state index in [1.807, 2.05) is 30.3 Å². The highest BCUT2D eigenvalue weighted by atomic mass is 16.3. The van der Waals surface area contributed by atoms with Crippen LogP contribution in [0.1, 0.15) is 28.4 Å². The summed E-state index contributed by atoms with van der Waals surface area (Å²) in [5.41, 5.74) is 1.69. The number of nitrogens with zero attached hydrogens (tertiary/aromatic N) is 3. The molecule has 1 fully saturated rings. The number of aryl methyl sites for hydroxylation is 1. The number of hydrogen-bond acceptors (Lipinski definition) is 3. The lowest BCUT2D eigenvalue weighted by atomic mass is 9.87. The molecule has 5 heteroatoms. The van der Waals surface area contributed by atoms with E-state index in [1.54, 1.807) is 29.0 Å². The van der Waals surface area contributed by atoms with E-state index >= 15 is 0 Å². The number of rotatable bonds is 2. The van der Waals surface area contributed by atoms with Crippen molar-refractivity contribution < 1.29 is 9.90 Å². The number of carbonyl (C=O) groups is 1. The summed E-state index contributed by atoms with van der Waals surface area (Å²) in [6.07, 6.45) is 3.42. The van der Waals surface area contributed by atoms with Gasteiger partial charge in [0.2, 0.25) is 0 Å². The van der Waals surface area contributed by atoms with Gasteiger partial charge in [-0.1, -0.05) is 30.3 Å². The molecule has 2 aromatic rings. The molecule has 1 aliphatic rings. The second-order valence-electron chi connectivity index (χ2n) is 5.51. The SMILES string of the molecule is Cn1cncc1C(=O)N1CC[C@@H](c2ccccc2)[C@H](O)C1. The van der Waals surface area contributed by atoms with E-state index in [4.69, 9.17) is 0 Å². The third-order valence-corrected chi connectivity index (χ3v) is 4.13. The van der Waals surface area contributed by atoms with E-state index in [0.717, 1.165) is 12.0 Å². The van der Waals surface area contributed by atoms with Crippen LogP contribution in [0.25, 0.3) is 0 Å². The number of likely N-dealkylation sites (tertiary alicyclic amines) is 1. The molecule has 3 rings (SSSR count). The van der Waals surface area contributed by atoms with E-state index < -0.39 is 6.10 Å². The number of aliphatic hydroxyl groups excluding tert-OH is 1. The number of benzene rings is 1. The predicted molar refractivity (Wildman–Crippen MR) is 78.9 cm³/mol. The Hall–Kier alpha value is -2.14. The van der Waals surface area contributed by atoms with Gasteiger partial charge >= 0.3 is 0 Å². The van der Waals surface area contributed by atoms with Crippen molar-refractivity contribution in [2.24, 2.45) is 7.05 Å². The van der Waals surface area contributed by atoms with E-state index in [2.05, 4.69) is 4.98 Å². The molecule has 2 heterocycles. The quantitative estimate of drug-likeness (QED) is 0.907. The second-order valence-corrected chi connectivity index (χ2v) is 5.51. The van der Waals surface area contributed by atoms with Gasteiger partial charge in [-0.15, -0.1) is 0 Å². The number of carbonyl (C=O) groups excluding carboxylic acids is 1. The number of amides is 1. The van der Waals surface area contributed by atoms with Gasteiger partial charge in [0.25, 0.3) is 5.91 Å². The Balaban J connectivity index is 1.71. The van der Waals surface area contributed by atoms with E-state index in [-0.39, 0.29) is 11.8 Å². The number of imidazole rings is 1. The Morgan fingerprint density at radius 2 is 2.10 bits per heavy atom. The van der Waals surface area contributed by atoms with Crippen LogP contribution in [-0.2, 0) is 7.05 Å². The number of hydrogen-bond donors (Lipinski definition) is 1. The Morgan fingerprint density at radius 3 is 2.71 bits per heavy atom. The largest absolute Gasteiger partial charge is 0.391 e.